The monoisotopic (exact) mass is 273 g/mol. The van der Waals surface area contributed by atoms with Crippen molar-refractivity contribution >= 4 is 23.2 Å². The second kappa shape index (κ2) is 6.11. The third-order valence-electron chi connectivity index (χ3n) is 2.51. The van der Waals surface area contributed by atoms with E-state index in [1.165, 1.54) is 6.20 Å². The summed E-state index contributed by atoms with van der Waals surface area (Å²) in [6.45, 7) is 1.81. The normalized spacial score (nSPS) is 11.2. The summed E-state index contributed by atoms with van der Waals surface area (Å²) in [6, 6.07) is 10.6. The number of rotatable bonds is 3. The van der Waals surface area contributed by atoms with E-state index in [0.717, 1.165) is 5.56 Å². The molecule has 0 atom stereocenters. The lowest BCUT2D eigenvalue weighted by Crippen LogP contribution is -2.19. The molecule has 19 heavy (non-hydrogen) atoms. The lowest BCUT2D eigenvalue weighted by atomic mass is 10.1. The number of carbonyl (C=O) groups is 1. The van der Waals surface area contributed by atoms with Gasteiger partial charge in [0.15, 0.2) is 0 Å². The second-order valence-corrected chi connectivity index (χ2v) is 4.32. The molecule has 5 heteroatoms. The van der Waals surface area contributed by atoms with E-state index >= 15 is 0 Å². The van der Waals surface area contributed by atoms with E-state index in [2.05, 4.69) is 15.5 Å². The molecule has 0 aliphatic carbocycles. The van der Waals surface area contributed by atoms with Crippen LogP contribution in [0.4, 0.5) is 0 Å². The van der Waals surface area contributed by atoms with Crippen LogP contribution in [0.25, 0.3) is 0 Å². The lowest BCUT2D eigenvalue weighted by molar-refractivity contribution is 0.0954. The van der Waals surface area contributed by atoms with Gasteiger partial charge in [0.25, 0.3) is 5.91 Å². The van der Waals surface area contributed by atoms with Crippen LogP contribution in [0.1, 0.15) is 22.8 Å². The van der Waals surface area contributed by atoms with Crippen molar-refractivity contribution in [2.45, 2.75) is 6.92 Å². The maximum Gasteiger partial charge on any atom is 0.272 e. The first-order valence-electron chi connectivity index (χ1n) is 5.67. The molecule has 0 saturated heterocycles. The van der Waals surface area contributed by atoms with Crippen molar-refractivity contribution in [2.75, 3.05) is 0 Å². The zero-order valence-electron chi connectivity index (χ0n) is 10.3. The molecule has 1 aromatic carbocycles. The molecule has 0 spiro atoms. The SMILES string of the molecule is CC(=NNC(=O)c1cccnc1)c1ccc(Cl)cc1. The Labute approximate surface area is 116 Å². The van der Waals surface area contributed by atoms with Crippen LogP contribution in [0.3, 0.4) is 0 Å². The van der Waals surface area contributed by atoms with Gasteiger partial charge in [0.1, 0.15) is 0 Å². The van der Waals surface area contributed by atoms with E-state index in [1.54, 1.807) is 30.5 Å². The van der Waals surface area contributed by atoms with Crippen LogP contribution in [-0.2, 0) is 0 Å². The second-order valence-electron chi connectivity index (χ2n) is 3.89. The molecule has 2 rings (SSSR count). The van der Waals surface area contributed by atoms with Gasteiger partial charge in [0.2, 0.25) is 0 Å². The van der Waals surface area contributed by atoms with Gasteiger partial charge in [-0.15, -0.1) is 0 Å². The van der Waals surface area contributed by atoms with Crippen molar-refractivity contribution < 1.29 is 4.79 Å². The third-order valence-corrected chi connectivity index (χ3v) is 2.76. The summed E-state index contributed by atoms with van der Waals surface area (Å²) in [5.41, 5.74) is 4.56. The van der Waals surface area contributed by atoms with Crippen LogP contribution in [-0.4, -0.2) is 16.6 Å². The van der Waals surface area contributed by atoms with Gasteiger partial charge in [-0.3, -0.25) is 9.78 Å². The number of hydrazone groups is 1. The molecule has 1 amide bonds. The first kappa shape index (κ1) is 13.2. The van der Waals surface area contributed by atoms with Crippen molar-refractivity contribution in [1.82, 2.24) is 10.4 Å². The number of hydrogen-bond donors (Lipinski definition) is 1. The highest BCUT2D eigenvalue weighted by atomic mass is 35.5. The van der Waals surface area contributed by atoms with Crippen molar-refractivity contribution in [1.29, 1.82) is 0 Å². The molecule has 1 N–H and O–H groups in total. The number of nitrogens with zero attached hydrogens (tertiary/aromatic N) is 2. The minimum Gasteiger partial charge on any atom is -0.267 e. The summed E-state index contributed by atoms with van der Waals surface area (Å²) in [4.78, 5) is 15.6. The summed E-state index contributed by atoms with van der Waals surface area (Å²) >= 11 is 5.81. The zero-order chi connectivity index (χ0) is 13.7. The van der Waals surface area contributed by atoms with Crippen LogP contribution in [0.15, 0.2) is 53.9 Å². The fraction of sp³-hybridized carbons (Fsp3) is 0.0714. The smallest absolute Gasteiger partial charge is 0.267 e. The first-order chi connectivity index (χ1) is 9.16. The number of halogens is 1. The number of hydrogen-bond acceptors (Lipinski definition) is 3. The van der Waals surface area contributed by atoms with E-state index in [9.17, 15) is 4.79 Å². The number of aromatic nitrogens is 1. The fourth-order valence-corrected chi connectivity index (χ4v) is 1.58. The molecule has 0 bridgehead atoms. The Kier molecular flexibility index (Phi) is 4.26. The zero-order valence-corrected chi connectivity index (χ0v) is 11.1. The van der Waals surface area contributed by atoms with Gasteiger partial charge >= 0.3 is 0 Å². The van der Waals surface area contributed by atoms with Gasteiger partial charge in [-0.1, -0.05) is 23.7 Å². The van der Waals surface area contributed by atoms with Crippen LogP contribution >= 0.6 is 11.6 Å². The molecule has 1 aromatic heterocycles. The lowest BCUT2D eigenvalue weighted by Gasteiger charge is -2.03. The van der Waals surface area contributed by atoms with Crippen molar-refractivity contribution in [2.24, 2.45) is 5.10 Å². The fourth-order valence-electron chi connectivity index (χ4n) is 1.45. The quantitative estimate of drug-likeness (QED) is 0.690. The van der Waals surface area contributed by atoms with E-state index in [1.807, 2.05) is 19.1 Å². The van der Waals surface area contributed by atoms with Gasteiger partial charge in [0.05, 0.1) is 11.3 Å². The molecule has 1 heterocycles. The number of amides is 1. The largest absolute Gasteiger partial charge is 0.272 e. The highest BCUT2D eigenvalue weighted by molar-refractivity contribution is 6.30. The van der Waals surface area contributed by atoms with E-state index in [-0.39, 0.29) is 5.91 Å². The summed E-state index contributed by atoms with van der Waals surface area (Å²) in [5.74, 6) is -0.290. The van der Waals surface area contributed by atoms with E-state index in [4.69, 9.17) is 11.6 Å². The Morgan fingerprint density at radius 3 is 2.58 bits per heavy atom. The Balaban J connectivity index is 2.06. The van der Waals surface area contributed by atoms with Crippen LogP contribution in [0.2, 0.25) is 5.02 Å². The van der Waals surface area contributed by atoms with Gasteiger partial charge in [-0.05, 0) is 36.8 Å². The Hall–Kier alpha value is -2.20. The van der Waals surface area contributed by atoms with Crippen molar-refractivity contribution in [3.63, 3.8) is 0 Å². The standard InChI is InChI=1S/C14H12ClN3O/c1-10(11-4-6-13(15)7-5-11)17-18-14(19)12-3-2-8-16-9-12/h2-9H,1H3,(H,18,19). The van der Waals surface area contributed by atoms with E-state index < -0.39 is 0 Å². The maximum atomic E-state index is 11.8. The Bertz CT molecular complexity index is 594. The maximum absolute atomic E-state index is 11.8. The molecular weight excluding hydrogens is 262 g/mol. The topological polar surface area (TPSA) is 54.4 Å². The average Bonchev–Trinajstić information content (AvgIpc) is 2.46. The molecule has 0 saturated carbocycles. The molecule has 0 radical (unpaired) electrons. The van der Waals surface area contributed by atoms with Crippen molar-refractivity contribution in [3.8, 4) is 0 Å². The highest BCUT2D eigenvalue weighted by Crippen LogP contribution is 2.10. The molecule has 2 aromatic rings. The van der Waals surface area contributed by atoms with Crippen LogP contribution < -0.4 is 5.43 Å². The Morgan fingerprint density at radius 2 is 1.95 bits per heavy atom. The number of nitrogens with one attached hydrogen (secondary N) is 1. The molecule has 0 aliphatic rings. The molecule has 0 unspecified atom stereocenters. The van der Waals surface area contributed by atoms with Crippen LogP contribution in [0.5, 0.6) is 0 Å². The molecule has 0 aliphatic heterocycles. The molecule has 4 nitrogen and oxygen atoms in total. The summed E-state index contributed by atoms with van der Waals surface area (Å²) in [6.07, 6.45) is 3.10. The van der Waals surface area contributed by atoms with Crippen LogP contribution in [0, 0.1) is 0 Å². The summed E-state index contributed by atoms with van der Waals surface area (Å²) in [7, 11) is 0. The van der Waals surface area contributed by atoms with Gasteiger partial charge < -0.3 is 0 Å². The van der Waals surface area contributed by atoms with E-state index in [0.29, 0.717) is 16.3 Å². The summed E-state index contributed by atoms with van der Waals surface area (Å²) in [5, 5.41) is 4.71. The van der Waals surface area contributed by atoms with Gasteiger partial charge in [0, 0.05) is 17.4 Å². The molecule has 0 fully saturated rings. The van der Waals surface area contributed by atoms with Crippen molar-refractivity contribution in [3.05, 3.63) is 64.9 Å². The molecule has 96 valence electrons. The first-order valence-corrected chi connectivity index (χ1v) is 6.05. The minimum absolute atomic E-state index is 0.290. The molecular formula is C14H12ClN3O. The number of benzene rings is 1. The Morgan fingerprint density at radius 1 is 1.21 bits per heavy atom. The third kappa shape index (κ3) is 3.63. The predicted octanol–water partition coefficient (Wildman–Crippen LogP) is 2.89. The van der Waals surface area contributed by atoms with Gasteiger partial charge in [-0.25, -0.2) is 5.43 Å². The van der Waals surface area contributed by atoms with Gasteiger partial charge in [-0.2, -0.15) is 5.10 Å². The average molecular weight is 274 g/mol. The summed E-state index contributed by atoms with van der Waals surface area (Å²) < 4.78 is 0. The number of pyridine rings is 1. The predicted molar refractivity (Wildman–Crippen MR) is 75.4 cm³/mol. The highest BCUT2D eigenvalue weighted by Gasteiger charge is 2.04. The minimum atomic E-state index is -0.290. The number of carbonyl (C=O) groups excluding carboxylic acids is 1.